The summed E-state index contributed by atoms with van der Waals surface area (Å²) in [5, 5.41) is 17.0. The Morgan fingerprint density at radius 3 is 2.46 bits per heavy atom. The molecule has 1 aromatic rings. The number of nitrogens with two attached hydrogens (primary N) is 2. The standard InChI is InChI=1S/C6H5N5O2/c7-1-2-4(8)11-5(9)3(10-2)6(12)13/h(H,12,13)(H4,8,9,11). The fourth-order valence-corrected chi connectivity index (χ4v) is 0.702. The Morgan fingerprint density at radius 2 is 2.00 bits per heavy atom. The van der Waals surface area contributed by atoms with E-state index in [1.54, 1.807) is 6.07 Å². The second-order valence-electron chi connectivity index (χ2n) is 2.11. The third-order valence-electron chi connectivity index (χ3n) is 1.26. The molecule has 5 N–H and O–H groups in total. The van der Waals surface area contributed by atoms with Crippen LogP contribution in [0.3, 0.4) is 0 Å². The lowest BCUT2D eigenvalue weighted by Gasteiger charge is -2.00. The zero-order valence-corrected chi connectivity index (χ0v) is 6.35. The summed E-state index contributed by atoms with van der Waals surface area (Å²) in [6.07, 6.45) is 0. The number of aromatic carboxylic acids is 1. The van der Waals surface area contributed by atoms with Crippen LogP contribution in [-0.4, -0.2) is 21.0 Å². The van der Waals surface area contributed by atoms with Gasteiger partial charge >= 0.3 is 5.97 Å². The van der Waals surface area contributed by atoms with Gasteiger partial charge in [0.1, 0.15) is 6.07 Å². The first-order valence-electron chi connectivity index (χ1n) is 3.12. The van der Waals surface area contributed by atoms with Gasteiger partial charge in [-0.2, -0.15) is 5.26 Å². The summed E-state index contributed by atoms with van der Waals surface area (Å²) < 4.78 is 0. The minimum Gasteiger partial charge on any atom is -0.476 e. The number of nitrogens with zero attached hydrogens (tertiary/aromatic N) is 3. The van der Waals surface area contributed by atoms with Crippen molar-refractivity contribution in [1.29, 1.82) is 5.26 Å². The Kier molecular flexibility index (Phi) is 1.98. The lowest BCUT2D eigenvalue weighted by atomic mass is 10.3. The van der Waals surface area contributed by atoms with Crippen LogP contribution >= 0.6 is 0 Å². The predicted octanol–water partition coefficient (Wildman–Crippen LogP) is -0.789. The van der Waals surface area contributed by atoms with Crippen molar-refractivity contribution in [3.05, 3.63) is 11.4 Å². The van der Waals surface area contributed by atoms with E-state index in [1.807, 2.05) is 0 Å². The monoisotopic (exact) mass is 179 g/mol. The summed E-state index contributed by atoms with van der Waals surface area (Å²) in [6, 6.07) is 1.60. The smallest absolute Gasteiger partial charge is 0.358 e. The topological polar surface area (TPSA) is 139 Å². The van der Waals surface area contributed by atoms with Gasteiger partial charge in [0.05, 0.1) is 0 Å². The SMILES string of the molecule is N#Cc1nc(C(=O)O)c(N)nc1N. The lowest BCUT2D eigenvalue weighted by Crippen LogP contribution is -2.11. The molecule has 1 heterocycles. The maximum absolute atomic E-state index is 10.5. The van der Waals surface area contributed by atoms with Gasteiger partial charge in [-0.15, -0.1) is 0 Å². The molecule has 7 nitrogen and oxygen atoms in total. The molecule has 0 radical (unpaired) electrons. The fraction of sp³-hybridized carbons (Fsp3) is 0. The van der Waals surface area contributed by atoms with Gasteiger partial charge in [-0.3, -0.25) is 0 Å². The summed E-state index contributed by atoms with van der Waals surface area (Å²) in [5.74, 6) is -1.82. The third-order valence-corrected chi connectivity index (χ3v) is 1.26. The molecule has 0 atom stereocenters. The van der Waals surface area contributed by atoms with Crippen LogP contribution in [0.25, 0.3) is 0 Å². The van der Waals surface area contributed by atoms with Crippen LogP contribution in [-0.2, 0) is 0 Å². The van der Waals surface area contributed by atoms with Crippen LogP contribution in [0.5, 0.6) is 0 Å². The first-order chi connectivity index (χ1) is 6.06. The number of nitrogen functional groups attached to an aromatic ring is 2. The van der Waals surface area contributed by atoms with E-state index in [1.165, 1.54) is 0 Å². The van der Waals surface area contributed by atoms with Crippen LogP contribution in [0.15, 0.2) is 0 Å². The van der Waals surface area contributed by atoms with Crippen molar-refractivity contribution >= 4 is 17.6 Å². The number of hydrogen-bond donors (Lipinski definition) is 3. The largest absolute Gasteiger partial charge is 0.476 e. The maximum atomic E-state index is 10.5. The Labute approximate surface area is 72.6 Å². The molecule has 0 aliphatic rings. The molecule has 0 saturated heterocycles. The Bertz CT molecular complexity index is 408. The molecule has 0 spiro atoms. The van der Waals surface area contributed by atoms with E-state index in [0.717, 1.165) is 0 Å². The van der Waals surface area contributed by atoms with E-state index in [9.17, 15) is 4.79 Å². The highest BCUT2D eigenvalue weighted by molar-refractivity contribution is 5.90. The average molecular weight is 179 g/mol. The highest BCUT2D eigenvalue weighted by Crippen LogP contribution is 2.11. The van der Waals surface area contributed by atoms with Gasteiger partial charge in [-0.05, 0) is 0 Å². The summed E-state index contributed by atoms with van der Waals surface area (Å²) in [7, 11) is 0. The van der Waals surface area contributed by atoms with Gasteiger partial charge in [-0.25, -0.2) is 14.8 Å². The molecule has 0 aliphatic heterocycles. The fourth-order valence-electron chi connectivity index (χ4n) is 0.702. The predicted molar refractivity (Wildman–Crippen MR) is 42.5 cm³/mol. The van der Waals surface area contributed by atoms with Crippen molar-refractivity contribution in [3.8, 4) is 6.07 Å². The van der Waals surface area contributed by atoms with E-state index in [2.05, 4.69) is 9.97 Å². The van der Waals surface area contributed by atoms with Gasteiger partial charge in [0.2, 0.25) is 0 Å². The number of carboxylic acids is 1. The molecule has 0 aromatic carbocycles. The van der Waals surface area contributed by atoms with Crippen molar-refractivity contribution < 1.29 is 9.90 Å². The second kappa shape index (κ2) is 2.94. The van der Waals surface area contributed by atoms with Crippen molar-refractivity contribution in [1.82, 2.24) is 9.97 Å². The molecule has 0 unspecified atom stereocenters. The molecular weight excluding hydrogens is 174 g/mol. The van der Waals surface area contributed by atoms with Gasteiger partial charge in [-0.1, -0.05) is 0 Å². The molecule has 0 saturated carbocycles. The van der Waals surface area contributed by atoms with E-state index in [4.69, 9.17) is 21.8 Å². The van der Waals surface area contributed by atoms with Crippen LogP contribution in [0.2, 0.25) is 0 Å². The first-order valence-corrected chi connectivity index (χ1v) is 3.12. The lowest BCUT2D eigenvalue weighted by molar-refractivity contribution is 0.0691. The molecular formula is C6H5N5O2. The Morgan fingerprint density at radius 1 is 1.38 bits per heavy atom. The molecule has 0 amide bonds. The number of aromatic nitrogens is 2. The summed E-state index contributed by atoms with van der Waals surface area (Å²) in [4.78, 5) is 17.3. The maximum Gasteiger partial charge on any atom is 0.358 e. The number of hydrogen-bond acceptors (Lipinski definition) is 6. The number of anilines is 2. The van der Waals surface area contributed by atoms with Crippen molar-refractivity contribution in [2.24, 2.45) is 0 Å². The Balaban J connectivity index is 3.41. The third kappa shape index (κ3) is 1.46. The molecule has 7 heteroatoms. The molecule has 0 fully saturated rings. The molecule has 0 bridgehead atoms. The molecule has 13 heavy (non-hydrogen) atoms. The molecule has 1 aromatic heterocycles. The second-order valence-corrected chi connectivity index (χ2v) is 2.11. The van der Waals surface area contributed by atoms with Crippen molar-refractivity contribution in [2.45, 2.75) is 0 Å². The van der Waals surface area contributed by atoms with E-state index < -0.39 is 11.7 Å². The minimum atomic E-state index is -1.35. The summed E-state index contributed by atoms with van der Waals surface area (Å²) in [5.41, 5.74) is 9.72. The highest BCUT2D eigenvalue weighted by atomic mass is 16.4. The number of carbonyl (C=O) groups is 1. The normalized spacial score (nSPS) is 9.15. The summed E-state index contributed by atoms with van der Waals surface area (Å²) >= 11 is 0. The van der Waals surface area contributed by atoms with Crippen molar-refractivity contribution in [3.63, 3.8) is 0 Å². The summed E-state index contributed by atoms with van der Waals surface area (Å²) in [6.45, 7) is 0. The van der Waals surface area contributed by atoms with E-state index in [-0.39, 0.29) is 17.3 Å². The van der Waals surface area contributed by atoms with Gasteiger partial charge in [0, 0.05) is 0 Å². The molecule has 1 rings (SSSR count). The van der Waals surface area contributed by atoms with Crippen LogP contribution in [0.1, 0.15) is 16.2 Å². The molecule has 66 valence electrons. The van der Waals surface area contributed by atoms with Crippen LogP contribution in [0.4, 0.5) is 11.6 Å². The van der Waals surface area contributed by atoms with Gasteiger partial charge in [0.25, 0.3) is 0 Å². The highest BCUT2D eigenvalue weighted by Gasteiger charge is 2.14. The average Bonchev–Trinajstić information content (AvgIpc) is 2.03. The zero-order valence-electron chi connectivity index (χ0n) is 6.35. The molecule has 0 aliphatic carbocycles. The van der Waals surface area contributed by atoms with E-state index >= 15 is 0 Å². The Hall–Kier alpha value is -2.36. The number of rotatable bonds is 1. The number of nitriles is 1. The first kappa shape index (κ1) is 8.73. The van der Waals surface area contributed by atoms with Gasteiger partial charge in [0.15, 0.2) is 23.0 Å². The minimum absolute atomic E-state index is 0.176. The quantitative estimate of drug-likeness (QED) is 0.513. The van der Waals surface area contributed by atoms with Crippen molar-refractivity contribution in [2.75, 3.05) is 11.5 Å². The van der Waals surface area contributed by atoms with Gasteiger partial charge < -0.3 is 16.6 Å². The van der Waals surface area contributed by atoms with Crippen LogP contribution in [0, 0.1) is 11.3 Å². The zero-order chi connectivity index (χ0) is 10.0. The number of carboxylic acid groups (broad SMARTS) is 1. The van der Waals surface area contributed by atoms with Crippen LogP contribution < -0.4 is 11.5 Å². The van der Waals surface area contributed by atoms with E-state index in [0.29, 0.717) is 0 Å².